The molecule has 2 aromatic rings. The Labute approximate surface area is 163 Å². The van der Waals surface area contributed by atoms with Crippen molar-refractivity contribution in [1.29, 1.82) is 0 Å². The van der Waals surface area contributed by atoms with Crippen LogP contribution in [0.1, 0.15) is 18.4 Å². The van der Waals surface area contributed by atoms with E-state index in [1.54, 1.807) is 12.1 Å². The van der Waals surface area contributed by atoms with Crippen molar-refractivity contribution in [2.45, 2.75) is 29.6 Å². The van der Waals surface area contributed by atoms with Crippen molar-refractivity contribution < 1.29 is 13.2 Å². The number of aryl methyl sites for hydroxylation is 1. The van der Waals surface area contributed by atoms with E-state index in [1.165, 1.54) is 29.5 Å². The molecule has 8 heteroatoms. The molecule has 1 aliphatic heterocycles. The minimum absolute atomic E-state index is 0.0982. The van der Waals surface area contributed by atoms with E-state index in [2.05, 4.69) is 15.0 Å². The number of hydrogen-bond acceptors (Lipinski definition) is 5. The third-order valence-corrected chi connectivity index (χ3v) is 6.34. The van der Waals surface area contributed by atoms with Gasteiger partial charge in [-0.05, 0) is 43.7 Å². The predicted octanol–water partition coefficient (Wildman–Crippen LogP) is 3.20. The highest BCUT2D eigenvalue weighted by Crippen LogP contribution is 2.20. The maximum absolute atomic E-state index is 12.5. The molecule has 1 amide bonds. The van der Waals surface area contributed by atoms with Crippen molar-refractivity contribution in [3.05, 3.63) is 54.1 Å². The van der Waals surface area contributed by atoms with E-state index < -0.39 is 10.0 Å². The van der Waals surface area contributed by atoms with Gasteiger partial charge in [0.2, 0.25) is 5.91 Å². The summed E-state index contributed by atoms with van der Waals surface area (Å²) in [5, 5.41) is 2.75. The van der Waals surface area contributed by atoms with Crippen LogP contribution in [-0.2, 0) is 14.8 Å². The number of nitrogens with zero attached hydrogens (tertiary/aromatic N) is 1. The predicted molar refractivity (Wildman–Crippen MR) is 109 cm³/mol. The SMILES string of the molecule is Cc1ccc(SCC(=O)Nc2cccc(S(=O)(=O)NC3=NCCC3)c2)cc1. The molecule has 1 heterocycles. The standard InChI is InChI=1S/C19H21N3O3S2/c1-14-7-9-16(10-8-14)26-13-19(23)21-15-4-2-5-17(12-15)27(24,25)22-18-6-3-11-20-18/h2,4-5,7-10,12H,3,6,11,13H2,1H3,(H,20,22)(H,21,23). The van der Waals surface area contributed by atoms with Crippen LogP contribution < -0.4 is 10.0 Å². The number of thioether (sulfide) groups is 1. The summed E-state index contributed by atoms with van der Waals surface area (Å²) in [6.07, 6.45) is 1.48. The molecule has 2 aromatic carbocycles. The quantitative estimate of drug-likeness (QED) is 0.725. The minimum atomic E-state index is -3.70. The van der Waals surface area contributed by atoms with Crippen LogP contribution in [0.5, 0.6) is 0 Å². The minimum Gasteiger partial charge on any atom is -0.325 e. The van der Waals surface area contributed by atoms with Gasteiger partial charge in [-0.15, -0.1) is 11.8 Å². The second kappa shape index (κ2) is 8.58. The summed E-state index contributed by atoms with van der Waals surface area (Å²) < 4.78 is 27.4. The van der Waals surface area contributed by atoms with Gasteiger partial charge in [0.25, 0.3) is 10.0 Å². The Kier molecular flexibility index (Phi) is 6.18. The summed E-state index contributed by atoms with van der Waals surface area (Å²) in [4.78, 5) is 17.4. The van der Waals surface area contributed by atoms with Crippen LogP contribution in [0, 0.1) is 6.92 Å². The zero-order chi connectivity index (χ0) is 19.3. The number of carbonyl (C=O) groups is 1. The molecule has 0 spiro atoms. The number of benzene rings is 2. The molecular weight excluding hydrogens is 382 g/mol. The fourth-order valence-electron chi connectivity index (χ4n) is 2.56. The molecule has 3 rings (SSSR count). The van der Waals surface area contributed by atoms with Crippen molar-refractivity contribution in [2.75, 3.05) is 17.6 Å². The highest BCUT2D eigenvalue weighted by atomic mass is 32.2. The normalized spacial score (nSPS) is 13.9. The van der Waals surface area contributed by atoms with Gasteiger partial charge in [0.15, 0.2) is 0 Å². The van der Waals surface area contributed by atoms with Gasteiger partial charge in [0.1, 0.15) is 5.84 Å². The number of carbonyl (C=O) groups excluding carboxylic acids is 1. The van der Waals surface area contributed by atoms with E-state index in [0.29, 0.717) is 24.5 Å². The monoisotopic (exact) mass is 403 g/mol. The van der Waals surface area contributed by atoms with Crippen LogP contribution in [-0.4, -0.2) is 32.5 Å². The summed E-state index contributed by atoms with van der Waals surface area (Å²) >= 11 is 1.43. The van der Waals surface area contributed by atoms with Crippen molar-refractivity contribution in [3.8, 4) is 0 Å². The first-order valence-corrected chi connectivity index (χ1v) is 11.0. The van der Waals surface area contributed by atoms with Crippen LogP contribution in [0.2, 0.25) is 0 Å². The van der Waals surface area contributed by atoms with Crippen LogP contribution >= 0.6 is 11.8 Å². The fraction of sp³-hybridized carbons (Fsp3) is 0.263. The van der Waals surface area contributed by atoms with Crippen molar-refractivity contribution in [1.82, 2.24) is 4.72 Å². The molecule has 0 fully saturated rings. The molecular formula is C19H21N3O3S2. The zero-order valence-electron chi connectivity index (χ0n) is 14.9. The van der Waals surface area contributed by atoms with Gasteiger partial charge in [0.05, 0.1) is 10.6 Å². The molecule has 6 nitrogen and oxygen atoms in total. The second-order valence-electron chi connectivity index (χ2n) is 6.22. The second-order valence-corrected chi connectivity index (χ2v) is 8.95. The number of nitrogens with one attached hydrogen (secondary N) is 2. The average Bonchev–Trinajstić information content (AvgIpc) is 3.14. The maximum atomic E-state index is 12.5. The molecule has 0 unspecified atom stereocenters. The molecule has 0 saturated carbocycles. The lowest BCUT2D eigenvalue weighted by atomic mass is 10.2. The number of amides is 1. The van der Waals surface area contributed by atoms with Crippen molar-refractivity contribution >= 4 is 39.2 Å². The zero-order valence-corrected chi connectivity index (χ0v) is 16.6. The summed E-state index contributed by atoms with van der Waals surface area (Å²) in [6, 6.07) is 14.2. The van der Waals surface area contributed by atoms with Gasteiger partial charge in [-0.25, -0.2) is 8.42 Å². The highest BCUT2D eigenvalue weighted by molar-refractivity contribution is 8.00. The van der Waals surface area contributed by atoms with E-state index in [1.807, 2.05) is 31.2 Å². The smallest absolute Gasteiger partial charge is 0.262 e. The Morgan fingerprint density at radius 1 is 1.19 bits per heavy atom. The molecule has 0 radical (unpaired) electrons. The molecule has 27 heavy (non-hydrogen) atoms. The Bertz CT molecular complexity index is 954. The summed E-state index contributed by atoms with van der Waals surface area (Å²) in [5.74, 6) is 0.539. The van der Waals surface area contributed by atoms with Gasteiger partial charge in [0, 0.05) is 23.5 Å². The lowest BCUT2D eigenvalue weighted by molar-refractivity contribution is -0.113. The third kappa shape index (κ3) is 5.58. The first-order chi connectivity index (χ1) is 12.9. The number of hydrogen-bond donors (Lipinski definition) is 2. The Morgan fingerprint density at radius 2 is 1.96 bits per heavy atom. The van der Waals surface area contributed by atoms with E-state index in [0.717, 1.165) is 11.3 Å². The molecule has 2 N–H and O–H groups in total. The molecule has 0 bridgehead atoms. The lowest BCUT2D eigenvalue weighted by Crippen LogP contribution is -2.29. The Morgan fingerprint density at radius 3 is 2.67 bits per heavy atom. The number of rotatable bonds is 6. The maximum Gasteiger partial charge on any atom is 0.262 e. The van der Waals surface area contributed by atoms with E-state index in [4.69, 9.17) is 0 Å². The molecule has 0 aromatic heterocycles. The third-order valence-electron chi connectivity index (χ3n) is 3.95. The largest absolute Gasteiger partial charge is 0.325 e. The van der Waals surface area contributed by atoms with Crippen LogP contribution in [0.3, 0.4) is 0 Å². The van der Waals surface area contributed by atoms with E-state index in [-0.39, 0.29) is 16.6 Å². The van der Waals surface area contributed by atoms with E-state index in [9.17, 15) is 13.2 Å². The first kappa shape index (κ1) is 19.4. The topological polar surface area (TPSA) is 87.6 Å². The van der Waals surface area contributed by atoms with Crippen LogP contribution in [0.4, 0.5) is 5.69 Å². The Balaban J connectivity index is 1.61. The van der Waals surface area contributed by atoms with Gasteiger partial charge in [-0.3, -0.25) is 14.5 Å². The number of aliphatic imine (C=N–C) groups is 1. The van der Waals surface area contributed by atoms with Gasteiger partial charge in [-0.2, -0.15) is 0 Å². The highest BCUT2D eigenvalue weighted by Gasteiger charge is 2.18. The van der Waals surface area contributed by atoms with Gasteiger partial charge in [-0.1, -0.05) is 23.8 Å². The number of amidine groups is 1. The Hall–Kier alpha value is -2.32. The van der Waals surface area contributed by atoms with Crippen molar-refractivity contribution in [3.63, 3.8) is 0 Å². The van der Waals surface area contributed by atoms with Gasteiger partial charge >= 0.3 is 0 Å². The van der Waals surface area contributed by atoms with Gasteiger partial charge < -0.3 is 5.32 Å². The molecule has 0 aliphatic carbocycles. The summed E-state index contributed by atoms with van der Waals surface area (Å²) in [6.45, 7) is 2.66. The lowest BCUT2D eigenvalue weighted by Gasteiger charge is -2.10. The molecule has 0 atom stereocenters. The van der Waals surface area contributed by atoms with E-state index >= 15 is 0 Å². The fourth-order valence-corrected chi connectivity index (χ4v) is 4.39. The summed E-state index contributed by atoms with van der Waals surface area (Å²) in [5.41, 5.74) is 1.61. The molecule has 1 aliphatic rings. The van der Waals surface area contributed by atoms with Crippen LogP contribution in [0.25, 0.3) is 0 Å². The molecule has 142 valence electrons. The molecule has 0 saturated heterocycles. The van der Waals surface area contributed by atoms with Crippen molar-refractivity contribution in [2.24, 2.45) is 4.99 Å². The number of sulfonamides is 1. The first-order valence-electron chi connectivity index (χ1n) is 8.58. The summed E-state index contributed by atoms with van der Waals surface area (Å²) in [7, 11) is -3.70. The number of anilines is 1. The van der Waals surface area contributed by atoms with Crippen LogP contribution in [0.15, 0.2) is 63.3 Å². The average molecular weight is 404 g/mol.